The van der Waals surface area contributed by atoms with Gasteiger partial charge >= 0.3 is 0 Å². The fraction of sp³-hybridized carbons (Fsp3) is 0.0400. The zero-order valence-electron chi connectivity index (χ0n) is 18.1. The number of aromatic amines is 1. The fourth-order valence-corrected chi connectivity index (χ4v) is 4.62. The number of nitrogens with zero attached hydrogens (tertiary/aromatic N) is 2. The van der Waals surface area contributed by atoms with Gasteiger partial charge < -0.3 is 4.74 Å². The molecule has 2 N–H and O–H groups in total. The van der Waals surface area contributed by atoms with Crippen LogP contribution in [0.1, 0.15) is 11.1 Å². The maximum absolute atomic E-state index is 15.1. The lowest BCUT2D eigenvalue weighted by Gasteiger charge is -2.11. The van der Waals surface area contributed by atoms with Crippen LogP contribution in [0.5, 0.6) is 5.88 Å². The van der Waals surface area contributed by atoms with Crippen molar-refractivity contribution < 1.29 is 21.9 Å². The minimum Gasteiger partial charge on any atom is -0.479 e. The molecular weight excluding hydrogens is 474 g/mol. The molecule has 0 saturated carbocycles. The third-order valence-corrected chi connectivity index (χ3v) is 6.64. The average molecular weight is 490 g/mol. The summed E-state index contributed by atoms with van der Waals surface area (Å²) >= 11 is 0. The van der Waals surface area contributed by atoms with Crippen molar-refractivity contribution in [3.05, 3.63) is 89.6 Å². The summed E-state index contributed by atoms with van der Waals surface area (Å²) in [6, 6.07) is 15.4. The minimum atomic E-state index is -4.14. The van der Waals surface area contributed by atoms with Gasteiger partial charge in [0.15, 0.2) is 11.5 Å². The Hall–Kier alpha value is -4.49. The molecule has 0 aliphatic rings. The maximum atomic E-state index is 15.1. The summed E-state index contributed by atoms with van der Waals surface area (Å²) in [7, 11) is -2.70. The number of ether oxygens (including phenoxy) is 1. The standard InChI is InChI=1S/C25H16F2N4O3S/c1-34-25-20-12-15(14-28-24(20)29-30-25)6-9-19-21(26)10-11-22(23(19)27)31-35(32,33)18-8-7-16-4-2-3-5-17(16)13-18/h2-5,7-8,10-14,31H,1H3,(H,28,29,30). The molecule has 0 unspecified atom stereocenters. The van der Waals surface area contributed by atoms with Crippen molar-refractivity contribution in [3.63, 3.8) is 0 Å². The van der Waals surface area contributed by atoms with Crippen molar-refractivity contribution in [1.29, 1.82) is 0 Å². The molecule has 0 fully saturated rings. The maximum Gasteiger partial charge on any atom is 0.262 e. The Bertz CT molecular complexity index is 1770. The van der Waals surface area contributed by atoms with Crippen LogP contribution in [-0.4, -0.2) is 30.7 Å². The SMILES string of the molecule is COc1n[nH]c2ncc(C#Cc3c(F)ccc(NS(=O)(=O)c4ccc5ccccc5c4)c3F)cc12. The van der Waals surface area contributed by atoms with Crippen molar-refractivity contribution in [2.75, 3.05) is 11.8 Å². The first kappa shape index (κ1) is 22.3. The highest BCUT2D eigenvalue weighted by molar-refractivity contribution is 7.92. The van der Waals surface area contributed by atoms with Crippen LogP contribution < -0.4 is 9.46 Å². The number of halogens is 2. The van der Waals surface area contributed by atoms with Crippen LogP contribution in [0, 0.1) is 23.5 Å². The van der Waals surface area contributed by atoms with Gasteiger partial charge in [-0.05, 0) is 41.1 Å². The molecule has 5 rings (SSSR count). The molecule has 35 heavy (non-hydrogen) atoms. The molecule has 2 aromatic heterocycles. The first-order valence-electron chi connectivity index (χ1n) is 10.3. The number of hydrogen-bond donors (Lipinski definition) is 2. The summed E-state index contributed by atoms with van der Waals surface area (Å²) in [6.45, 7) is 0. The number of aromatic nitrogens is 3. The van der Waals surface area contributed by atoms with Gasteiger partial charge in [0.2, 0.25) is 5.88 Å². The monoisotopic (exact) mass is 490 g/mol. The van der Waals surface area contributed by atoms with Gasteiger partial charge in [-0.25, -0.2) is 22.2 Å². The lowest BCUT2D eigenvalue weighted by molar-refractivity contribution is 0.401. The number of anilines is 1. The van der Waals surface area contributed by atoms with Crippen LogP contribution in [0.15, 0.2) is 71.8 Å². The van der Waals surface area contributed by atoms with E-state index >= 15 is 4.39 Å². The topological polar surface area (TPSA) is 97.0 Å². The Morgan fingerprint density at radius 2 is 1.80 bits per heavy atom. The zero-order valence-corrected chi connectivity index (χ0v) is 19.0. The molecule has 0 saturated heterocycles. The molecule has 3 aromatic carbocycles. The van der Waals surface area contributed by atoms with E-state index in [9.17, 15) is 12.8 Å². The molecule has 0 aliphatic carbocycles. The zero-order chi connectivity index (χ0) is 24.6. The van der Waals surface area contributed by atoms with Crippen molar-refractivity contribution in [3.8, 4) is 17.7 Å². The number of nitrogens with one attached hydrogen (secondary N) is 2. The molecule has 10 heteroatoms. The summed E-state index contributed by atoms with van der Waals surface area (Å²) in [6.07, 6.45) is 1.41. The number of rotatable bonds is 4. The highest BCUT2D eigenvalue weighted by Crippen LogP contribution is 2.26. The Balaban J connectivity index is 1.48. The van der Waals surface area contributed by atoms with Gasteiger partial charge in [-0.1, -0.05) is 42.2 Å². The second-order valence-corrected chi connectivity index (χ2v) is 9.18. The predicted molar refractivity (Wildman–Crippen MR) is 128 cm³/mol. The summed E-state index contributed by atoms with van der Waals surface area (Å²) in [5.41, 5.74) is -0.176. The van der Waals surface area contributed by atoms with E-state index in [4.69, 9.17) is 4.74 Å². The van der Waals surface area contributed by atoms with Crippen LogP contribution in [0.25, 0.3) is 21.8 Å². The van der Waals surface area contributed by atoms with Crippen molar-refractivity contribution >= 4 is 37.5 Å². The average Bonchev–Trinajstić information content (AvgIpc) is 3.28. The van der Waals surface area contributed by atoms with E-state index < -0.39 is 32.9 Å². The first-order valence-corrected chi connectivity index (χ1v) is 11.7. The highest BCUT2D eigenvalue weighted by atomic mass is 32.2. The van der Waals surface area contributed by atoms with E-state index in [0.717, 1.165) is 17.5 Å². The van der Waals surface area contributed by atoms with E-state index in [1.807, 2.05) is 12.1 Å². The molecule has 5 aromatic rings. The van der Waals surface area contributed by atoms with Gasteiger partial charge in [-0.15, -0.1) is 5.10 Å². The number of fused-ring (bicyclic) bond motifs is 2. The second-order valence-electron chi connectivity index (χ2n) is 7.50. The van der Waals surface area contributed by atoms with Crippen LogP contribution in [-0.2, 0) is 10.0 Å². The third-order valence-electron chi connectivity index (χ3n) is 5.27. The van der Waals surface area contributed by atoms with Crippen LogP contribution >= 0.6 is 0 Å². The molecule has 174 valence electrons. The first-order chi connectivity index (χ1) is 16.9. The molecule has 0 aliphatic heterocycles. The third kappa shape index (κ3) is 4.25. The molecule has 0 radical (unpaired) electrons. The summed E-state index contributed by atoms with van der Waals surface area (Å²) in [4.78, 5) is 4.09. The van der Waals surface area contributed by atoms with Crippen molar-refractivity contribution in [2.45, 2.75) is 4.90 Å². The van der Waals surface area contributed by atoms with E-state index in [-0.39, 0.29) is 4.90 Å². The Morgan fingerprint density at radius 1 is 1.00 bits per heavy atom. The second kappa shape index (κ2) is 8.70. The molecule has 0 bridgehead atoms. The van der Waals surface area contributed by atoms with E-state index in [1.165, 1.54) is 25.4 Å². The molecule has 0 spiro atoms. The van der Waals surface area contributed by atoms with Gasteiger partial charge in [0.05, 0.1) is 28.6 Å². The van der Waals surface area contributed by atoms with Gasteiger partial charge in [-0.2, -0.15) is 0 Å². The van der Waals surface area contributed by atoms with E-state index in [2.05, 4.69) is 31.7 Å². The number of pyridine rings is 1. The molecular formula is C25H16F2N4O3S. The highest BCUT2D eigenvalue weighted by Gasteiger charge is 2.20. The fourth-order valence-electron chi connectivity index (χ4n) is 3.52. The molecule has 2 heterocycles. The number of H-pyrrole nitrogens is 1. The van der Waals surface area contributed by atoms with Crippen LogP contribution in [0.2, 0.25) is 0 Å². The summed E-state index contributed by atoms with van der Waals surface area (Å²) in [5.74, 6) is 3.33. The minimum absolute atomic E-state index is 0.0546. The number of hydrogen-bond acceptors (Lipinski definition) is 5. The van der Waals surface area contributed by atoms with E-state index in [1.54, 1.807) is 24.3 Å². The van der Waals surface area contributed by atoms with Crippen molar-refractivity contribution in [2.24, 2.45) is 0 Å². The Labute approximate surface area is 198 Å². The van der Waals surface area contributed by atoms with Crippen LogP contribution in [0.4, 0.5) is 14.5 Å². The van der Waals surface area contributed by atoms with Gasteiger partial charge in [-0.3, -0.25) is 9.82 Å². The largest absolute Gasteiger partial charge is 0.479 e. The lowest BCUT2D eigenvalue weighted by Crippen LogP contribution is -2.14. The molecule has 0 atom stereocenters. The van der Waals surface area contributed by atoms with Gasteiger partial charge in [0.25, 0.3) is 10.0 Å². The predicted octanol–water partition coefficient (Wildman–Crippen LogP) is 4.60. The summed E-state index contributed by atoms with van der Waals surface area (Å²) in [5, 5.41) is 8.76. The van der Waals surface area contributed by atoms with Gasteiger partial charge in [0.1, 0.15) is 5.82 Å². The Morgan fingerprint density at radius 3 is 2.60 bits per heavy atom. The number of benzene rings is 3. The van der Waals surface area contributed by atoms with E-state index in [0.29, 0.717) is 27.9 Å². The number of methoxy groups -OCH3 is 1. The molecule has 7 nitrogen and oxygen atoms in total. The van der Waals surface area contributed by atoms with Crippen LogP contribution in [0.3, 0.4) is 0 Å². The van der Waals surface area contributed by atoms with Crippen molar-refractivity contribution in [1.82, 2.24) is 15.2 Å². The van der Waals surface area contributed by atoms with Gasteiger partial charge in [0, 0.05) is 11.8 Å². The lowest BCUT2D eigenvalue weighted by atomic mass is 10.1. The number of sulfonamides is 1. The Kier molecular flexibility index (Phi) is 5.55. The molecule has 0 amide bonds. The quantitative estimate of drug-likeness (QED) is 0.359. The summed E-state index contributed by atoms with van der Waals surface area (Å²) < 4.78 is 62.7. The normalized spacial score (nSPS) is 11.3. The smallest absolute Gasteiger partial charge is 0.262 e.